The van der Waals surface area contributed by atoms with Gasteiger partial charge in [-0.1, -0.05) is 7.43 Å². The number of aliphatic hydroxyl groups is 7. The second-order valence-corrected chi connectivity index (χ2v) is 12.9. The van der Waals surface area contributed by atoms with Crippen molar-refractivity contribution in [2.75, 3.05) is 32.8 Å². The van der Waals surface area contributed by atoms with E-state index in [1.54, 1.807) is 0 Å². The Labute approximate surface area is 285 Å². The molecular weight excluding hydrogens is 656 g/mol. The van der Waals surface area contributed by atoms with Crippen molar-refractivity contribution in [1.82, 2.24) is 5.32 Å². The van der Waals surface area contributed by atoms with Crippen LogP contribution in [-0.2, 0) is 33.2 Å². The Morgan fingerprint density at radius 3 is 2.10 bits per heavy atom. The highest BCUT2D eigenvalue weighted by Crippen LogP contribution is 2.37. The molecule has 0 amide bonds. The zero-order chi connectivity index (χ0) is 35.3. The van der Waals surface area contributed by atoms with Crippen LogP contribution in [0.25, 0.3) is 0 Å². The molecule has 49 heavy (non-hydrogen) atoms. The molecule has 4 rings (SSSR count). The molecule has 3 heterocycles. The molecule has 3 aliphatic heterocycles. The maximum absolute atomic E-state index is 12.4. The van der Waals surface area contributed by atoms with Crippen LogP contribution in [0.5, 0.6) is 0 Å². The van der Waals surface area contributed by atoms with Gasteiger partial charge in [-0.25, -0.2) is 0 Å². The summed E-state index contributed by atoms with van der Waals surface area (Å²) in [6, 6.07) is -2.71. The smallest absolute Gasteiger partial charge is 0.187 e. The lowest BCUT2D eigenvalue weighted by Gasteiger charge is -2.46. The Morgan fingerprint density at radius 2 is 1.47 bits per heavy atom. The largest absolute Gasteiger partial charge is 0.395 e. The highest BCUT2D eigenvalue weighted by molar-refractivity contribution is 5.82. The van der Waals surface area contributed by atoms with Crippen molar-refractivity contribution < 1.29 is 69.0 Å². The van der Waals surface area contributed by atoms with Crippen molar-refractivity contribution in [3.05, 3.63) is 0 Å². The molecule has 18 N–H and O–H groups in total. The van der Waals surface area contributed by atoms with Crippen LogP contribution in [0.15, 0.2) is 0 Å². The van der Waals surface area contributed by atoms with Crippen LogP contribution < -0.4 is 34.0 Å². The van der Waals surface area contributed by atoms with Gasteiger partial charge in [-0.05, 0) is 25.2 Å². The maximum atomic E-state index is 12.4. The molecule has 18 atom stereocenters. The summed E-state index contributed by atoms with van der Waals surface area (Å²) in [7, 11) is 0. The second kappa shape index (κ2) is 19.1. The van der Waals surface area contributed by atoms with E-state index >= 15 is 0 Å². The lowest BCUT2D eigenvalue weighted by Crippen LogP contribution is -2.64. The molecule has 4 aliphatic rings. The van der Waals surface area contributed by atoms with E-state index in [1.165, 1.54) is 0 Å². The summed E-state index contributed by atoms with van der Waals surface area (Å²) in [6.07, 6.45) is -17.2. The SMILES string of the molecule is C.NC[C@@H]1O[C@H](O[C@H]2[C@@H](O)[C@H](O[C@@H]3[C@@H](O)[C@H](CC(=O)[C@H](N)O)C[C@H](N)[C@H]3O[C@H]3O[C@H](CNCCO)CC[C@H]3N)O[C@@H]2CO)[C@H](N)[C@@H](O)[C@@H]1O. The fourth-order valence-corrected chi connectivity index (χ4v) is 6.61. The number of nitrogens with one attached hydrogen (secondary N) is 1. The van der Waals surface area contributed by atoms with Gasteiger partial charge in [0.1, 0.15) is 48.8 Å². The average molecular weight is 715 g/mol. The summed E-state index contributed by atoms with van der Waals surface area (Å²) in [6.45, 7) is -0.111. The molecule has 20 heteroatoms. The molecule has 0 unspecified atom stereocenters. The molecule has 1 saturated carbocycles. The molecule has 3 saturated heterocycles. The number of nitrogens with two attached hydrogens (primary N) is 5. The van der Waals surface area contributed by atoms with Gasteiger partial charge in [-0.15, -0.1) is 0 Å². The third kappa shape index (κ3) is 10.1. The highest BCUT2D eigenvalue weighted by atomic mass is 16.8. The number of aliphatic hydroxyl groups excluding tert-OH is 7. The van der Waals surface area contributed by atoms with Crippen molar-refractivity contribution in [3.8, 4) is 0 Å². The normalized spacial score (nSPS) is 45.1. The van der Waals surface area contributed by atoms with Crippen molar-refractivity contribution in [1.29, 1.82) is 0 Å². The molecule has 0 aromatic carbocycles. The first-order valence-electron chi connectivity index (χ1n) is 16.3. The Bertz CT molecular complexity index is 1010. The Morgan fingerprint density at radius 1 is 0.816 bits per heavy atom. The second-order valence-electron chi connectivity index (χ2n) is 12.9. The van der Waals surface area contributed by atoms with E-state index in [4.69, 9.17) is 62.2 Å². The van der Waals surface area contributed by atoms with Crippen LogP contribution in [0.3, 0.4) is 0 Å². The first-order valence-corrected chi connectivity index (χ1v) is 16.3. The third-order valence-corrected chi connectivity index (χ3v) is 9.42. The molecule has 4 fully saturated rings. The van der Waals surface area contributed by atoms with Gasteiger partial charge < -0.3 is 92.4 Å². The van der Waals surface area contributed by atoms with Gasteiger partial charge in [0.15, 0.2) is 30.9 Å². The van der Waals surface area contributed by atoms with Gasteiger partial charge in [0.05, 0.1) is 37.5 Å². The number of ketones is 1. The number of carbonyl (C=O) groups excluding carboxylic acids is 1. The van der Waals surface area contributed by atoms with E-state index in [2.05, 4.69) is 5.32 Å². The fourth-order valence-electron chi connectivity index (χ4n) is 6.61. The van der Waals surface area contributed by atoms with Gasteiger partial charge in [-0.2, -0.15) is 0 Å². The van der Waals surface area contributed by atoms with Crippen molar-refractivity contribution in [3.63, 3.8) is 0 Å². The van der Waals surface area contributed by atoms with E-state index in [1.807, 2.05) is 0 Å². The van der Waals surface area contributed by atoms with Gasteiger partial charge in [0.25, 0.3) is 0 Å². The van der Waals surface area contributed by atoms with Crippen molar-refractivity contribution >= 4 is 5.78 Å². The molecular formula is C29H58N6O14. The topological polar surface area (TPSA) is 356 Å². The fraction of sp³-hybridized carbons (Fsp3) is 0.966. The van der Waals surface area contributed by atoms with E-state index < -0.39 is 116 Å². The van der Waals surface area contributed by atoms with Crippen LogP contribution in [-0.4, -0.2) is 179 Å². The molecule has 0 bridgehead atoms. The zero-order valence-corrected chi connectivity index (χ0v) is 26.6. The summed E-state index contributed by atoms with van der Waals surface area (Å²) in [5, 5.41) is 75.2. The Balaban J connectivity index is 0.00000650. The lowest BCUT2D eigenvalue weighted by atomic mass is 9.77. The molecule has 1 aliphatic carbocycles. The minimum Gasteiger partial charge on any atom is -0.395 e. The third-order valence-electron chi connectivity index (χ3n) is 9.42. The number of hydrogen-bond donors (Lipinski definition) is 13. The highest BCUT2D eigenvalue weighted by Gasteiger charge is 2.54. The van der Waals surface area contributed by atoms with Crippen molar-refractivity contribution in [2.45, 2.75) is 137 Å². The predicted octanol–water partition coefficient (Wildman–Crippen LogP) is -7.05. The van der Waals surface area contributed by atoms with E-state index in [9.17, 15) is 35.4 Å². The number of hydrogen-bond acceptors (Lipinski definition) is 20. The molecule has 0 aromatic heterocycles. The van der Waals surface area contributed by atoms with Crippen LogP contribution in [0.1, 0.15) is 33.1 Å². The molecule has 20 nitrogen and oxygen atoms in total. The summed E-state index contributed by atoms with van der Waals surface area (Å²) in [5.41, 5.74) is 29.9. The quantitative estimate of drug-likeness (QED) is 0.0553. The standard InChI is InChI=1S/C28H54N6O14.CH4/c29-7-15-19(39)20(40)17(32)27(44-15)47-23-16(9-36)45-28(21(23)41)48-24-18(38)10(6-14(37)25(33)42)5-13(31)22(24)46-26-12(30)2-1-11(43-26)8-34-3-4-35;/h10-13,15-28,34-36,38-42H,1-9,29-33H2;1H4/t10-,11-,12+,13-,15-,16+,17+,18-,19+,20+,21+,22+,23+,24+,25+,26+,27+,28-;/m0./s1. The summed E-state index contributed by atoms with van der Waals surface area (Å²) in [4.78, 5) is 12.4. The number of rotatable bonds is 15. The monoisotopic (exact) mass is 714 g/mol. The molecule has 0 radical (unpaired) electrons. The zero-order valence-electron chi connectivity index (χ0n) is 26.6. The number of carbonyl (C=O) groups is 1. The summed E-state index contributed by atoms with van der Waals surface area (Å²) in [5.74, 6) is -1.58. The number of ether oxygens (including phenoxy) is 6. The van der Waals surface area contributed by atoms with E-state index in [0.717, 1.165) is 0 Å². The minimum absolute atomic E-state index is 0. The minimum atomic E-state index is -1.78. The lowest BCUT2D eigenvalue weighted by molar-refractivity contribution is -0.292. The average Bonchev–Trinajstić information content (AvgIpc) is 3.35. The van der Waals surface area contributed by atoms with Gasteiger partial charge in [0, 0.05) is 32.1 Å². The van der Waals surface area contributed by atoms with E-state index in [0.29, 0.717) is 25.9 Å². The summed E-state index contributed by atoms with van der Waals surface area (Å²) < 4.78 is 35.8. The molecule has 288 valence electrons. The molecule has 0 spiro atoms. The van der Waals surface area contributed by atoms with Crippen LogP contribution >= 0.6 is 0 Å². The molecule has 0 aromatic rings. The maximum Gasteiger partial charge on any atom is 0.187 e. The van der Waals surface area contributed by atoms with E-state index in [-0.39, 0.29) is 39.5 Å². The van der Waals surface area contributed by atoms with Gasteiger partial charge >= 0.3 is 0 Å². The van der Waals surface area contributed by atoms with Crippen LogP contribution in [0, 0.1) is 5.92 Å². The van der Waals surface area contributed by atoms with Crippen LogP contribution in [0.2, 0.25) is 0 Å². The van der Waals surface area contributed by atoms with Gasteiger partial charge in [0.2, 0.25) is 0 Å². The number of Topliss-reactive ketones (excluding diaryl/α,β-unsaturated/α-hetero) is 1. The predicted molar refractivity (Wildman–Crippen MR) is 169 cm³/mol. The van der Waals surface area contributed by atoms with Crippen LogP contribution in [0.4, 0.5) is 0 Å². The summed E-state index contributed by atoms with van der Waals surface area (Å²) >= 11 is 0. The van der Waals surface area contributed by atoms with Gasteiger partial charge in [-0.3, -0.25) is 10.5 Å². The first-order chi connectivity index (χ1) is 22.8. The van der Waals surface area contributed by atoms with Crippen molar-refractivity contribution in [2.24, 2.45) is 34.6 Å². The first kappa shape index (κ1) is 42.3. The Kier molecular flexibility index (Phi) is 16.5. The Hall–Kier alpha value is -1.09.